The molecule has 4 rings (SSSR count). The minimum absolute atomic E-state index is 0.0487. The Morgan fingerprint density at radius 3 is 2.89 bits per heavy atom. The molecule has 0 amide bonds. The van der Waals surface area contributed by atoms with Gasteiger partial charge in [-0.1, -0.05) is 0 Å². The molecule has 0 atom stereocenters. The molecule has 1 aliphatic rings. The van der Waals surface area contributed by atoms with E-state index in [1.165, 1.54) is 6.21 Å². The second kappa shape index (κ2) is 6.59. The number of rotatable bonds is 5. The Balaban J connectivity index is 1.80. The van der Waals surface area contributed by atoms with Gasteiger partial charge in [-0.15, -0.1) is 0 Å². The van der Waals surface area contributed by atoms with Gasteiger partial charge in [-0.25, -0.2) is 9.50 Å². The topological polar surface area (TPSA) is 160 Å². The van der Waals surface area contributed by atoms with Gasteiger partial charge in [-0.05, 0) is 18.9 Å². The number of hydrazone groups is 1. The second-order valence-electron chi connectivity index (χ2n) is 6.78. The van der Waals surface area contributed by atoms with E-state index in [0.717, 1.165) is 11.1 Å². The number of hydrogen-bond donors (Lipinski definition) is 2. The number of nitriles is 2. The summed E-state index contributed by atoms with van der Waals surface area (Å²) in [5.74, 6) is 5.35. The van der Waals surface area contributed by atoms with E-state index in [0.29, 0.717) is 36.4 Å². The summed E-state index contributed by atoms with van der Waals surface area (Å²) < 4.78 is 3.46. The highest BCUT2D eigenvalue weighted by atomic mass is 15.3. The molecular weight excluding hydrogens is 356 g/mol. The minimum Gasteiger partial charge on any atom is -0.322 e. The first-order valence-electron chi connectivity index (χ1n) is 8.64. The summed E-state index contributed by atoms with van der Waals surface area (Å²) in [5.41, 5.74) is 2.56. The summed E-state index contributed by atoms with van der Waals surface area (Å²) in [7, 11) is 0. The summed E-state index contributed by atoms with van der Waals surface area (Å²) in [6, 6.07) is 6.32. The zero-order chi connectivity index (χ0) is 19.7. The van der Waals surface area contributed by atoms with Crippen LogP contribution in [0.3, 0.4) is 0 Å². The first-order chi connectivity index (χ1) is 13.6. The molecular formula is C18H17N10+. The molecule has 0 unspecified atom stereocenters. The molecule has 3 aromatic rings. The number of aromatic nitrogens is 5. The summed E-state index contributed by atoms with van der Waals surface area (Å²) in [6.07, 6.45) is 9.72. The van der Waals surface area contributed by atoms with E-state index in [9.17, 15) is 5.26 Å². The maximum atomic E-state index is 9.24. The smallest absolute Gasteiger partial charge is 0.190 e. The van der Waals surface area contributed by atoms with Gasteiger partial charge in [0.25, 0.3) is 0 Å². The highest BCUT2D eigenvalue weighted by molar-refractivity contribution is 6.35. The van der Waals surface area contributed by atoms with Crippen molar-refractivity contribution in [1.82, 2.24) is 24.4 Å². The fourth-order valence-electron chi connectivity index (χ4n) is 3.67. The summed E-state index contributed by atoms with van der Waals surface area (Å²) >= 11 is 0. The molecule has 0 spiro atoms. The van der Waals surface area contributed by atoms with Gasteiger partial charge in [-0.2, -0.15) is 25.8 Å². The van der Waals surface area contributed by atoms with Crippen molar-refractivity contribution < 1.29 is 5.41 Å². The van der Waals surface area contributed by atoms with Crippen molar-refractivity contribution in [2.45, 2.75) is 24.8 Å². The number of fused-ring (bicyclic) bond motifs is 1. The van der Waals surface area contributed by atoms with Gasteiger partial charge in [0, 0.05) is 11.8 Å². The summed E-state index contributed by atoms with van der Waals surface area (Å²) in [5, 5.41) is 36.4. The predicted octanol–water partition coefficient (Wildman–Crippen LogP) is -0.372. The van der Waals surface area contributed by atoms with Gasteiger partial charge < -0.3 is 5.84 Å². The molecule has 1 aliphatic carbocycles. The van der Waals surface area contributed by atoms with E-state index in [1.54, 1.807) is 27.8 Å². The van der Waals surface area contributed by atoms with E-state index in [2.05, 4.69) is 32.4 Å². The number of hydrogen-bond acceptors (Lipinski definition) is 7. The van der Waals surface area contributed by atoms with E-state index >= 15 is 0 Å². The first kappa shape index (κ1) is 17.4. The Morgan fingerprint density at radius 2 is 2.21 bits per heavy atom. The van der Waals surface area contributed by atoms with Crippen molar-refractivity contribution in [1.29, 1.82) is 10.5 Å². The Hall–Kier alpha value is -4.05. The molecule has 0 bridgehead atoms. The minimum atomic E-state index is -0.448. The molecule has 3 aromatic heterocycles. The molecule has 0 aromatic carbocycles. The molecule has 10 nitrogen and oxygen atoms in total. The van der Waals surface area contributed by atoms with Crippen LogP contribution in [-0.2, 0) is 5.54 Å². The van der Waals surface area contributed by atoms with Gasteiger partial charge in [0.15, 0.2) is 11.9 Å². The first-order valence-corrected chi connectivity index (χ1v) is 8.64. The third-order valence-electron chi connectivity index (χ3n) is 5.13. The molecule has 0 saturated heterocycles. The van der Waals surface area contributed by atoms with Crippen LogP contribution in [0.15, 0.2) is 36.0 Å². The lowest BCUT2D eigenvalue weighted by atomic mass is 9.67. The molecule has 4 N–H and O–H groups in total. The lowest BCUT2D eigenvalue weighted by molar-refractivity contribution is -0.102. The molecule has 0 aliphatic heterocycles. The van der Waals surface area contributed by atoms with Crippen molar-refractivity contribution in [3.8, 4) is 23.4 Å². The highest BCUT2D eigenvalue weighted by Gasteiger charge is 2.46. The molecule has 138 valence electrons. The van der Waals surface area contributed by atoms with E-state index in [1.807, 2.05) is 12.3 Å². The maximum absolute atomic E-state index is 9.24. The molecule has 1 saturated carbocycles. The van der Waals surface area contributed by atoms with Gasteiger partial charge in [-0.3, -0.25) is 10.1 Å². The van der Waals surface area contributed by atoms with E-state index < -0.39 is 5.54 Å². The van der Waals surface area contributed by atoms with Gasteiger partial charge in [0.1, 0.15) is 5.69 Å². The Kier molecular flexibility index (Phi) is 4.09. The van der Waals surface area contributed by atoms with Crippen molar-refractivity contribution in [2.75, 3.05) is 0 Å². The van der Waals surface area contributed by atoms with Crippen LogP contribution in [-0.4, -0.2) is 36.3 Å². The zero-order valence-corrected chi connectivity index (χ0v) is 14.9. The van der Waals surface area contributed by atoms with Gasteiger partial charge in [0.2, 0.25) is 0 Å². The largest absolute Gasteiger partial charge is 0.322 e. The average molecular weight is 373 g/mol. The maximum Gasteiger partial charge on any atom is 0.190 e. The summed E-state index contributed by atoms with van der Waals surface area (Å²) in [4.78, 5) is 4.65. The molecule has 1 fully saturated rings. The van der Waals surface area contributed by atoms with Crippen LogP contribution >= 0.6 is 0 Å². The third-order valence-corrected chi connectivity index (χ3v) is 5.13. The van der Waals surface area contributed by atoms with Crippen LogP contribution < -0.4 is 11.3 Å². The number of nitrogens with two attached hydrogens (primary N) is 2. The van der Waals surface area contributed by atoms with Gasteiger partial charge >= 0.3 is 0 Å². The van der Waals surface area contributed by atoms with Gasteiger partial charge in [0.05, 0.1) is 59.8 Å². The van der Waals surface area contributed by atoms with Crippen LogP contribution in [0, 0.1) is 28.6 Å². The average Bonchev–Trinajstić information content (AvgIpc) is 3.34. The van der Waals surface area contributed by atoms with Crippen LogP contribution in [0.4, 0.5) is 0 Å². The standard InChI is InChI=1S/C18H16N10/c19-3-2-18(5-12(6-18)7-20)28-10-13(9-24-28)17-16-1-4-23-27(16)11-15(25-17)14(8-21)26-22/h1,4,8-12,21H,2,5-6,22H2/p+1/b21-8?,26-14+. The van der Waals surface area contributed by atoms with E-state index in [4.69, 9.17) is 16.5 Å². The highest BCUT2D eigenvalue weighted by Crippen LogP contribution is 2.46. The van der Waals surface area contributed by atoms with Crippen molar-refractivity contribution in [3.05, 3.63) is 36.5 Å². The second-order valence-corrected chi connectivity index (χ2v) is 6.78. The number of nitrogens with zero attached hydrogens (tertiary/aromatic N) is 8. The quantitative estimate of drug-likeness (QED) is 0.352. The Labute approximate surface area is 160 Å². The fourth-order valence-corrected chi connectivity index (χ4v) is 3.67. The predicted molar refractivity (Wildman–Crippen MR) is 99.5 cm³/mol. The monoisotopic (exact) mass is 373 g/mol. The molecule has 3 heterocycles. The van der Waals surface area contributed by atoms with Crippen LogP contribution in [0.25, 0.3) is 16.8 Å². The SMILES string of the molecule is N#CCC1(n2cc(-c3nc(/C(C=[NH2+])=N/N)cn4nccc34)cn2)CC(C#N)C1. The lowest BCUT2D eigenvalue weighted by Gasteiger charge is -2.43. The van der Waals surface area contributed by atoms with Crippen molar-refractivity contribution in [2.24, 2.45) is 16.9 Å². The van der Waals surface area contributed by atoms with Crippen molar-refractivity contribution in [3.63, 3.8) is 0 Å². The molecule has 0 radical (unpaired) electrons. The third kappa shape index (κ3) is 2.59. The molecule has 28 heavy (non-hydrogen) atoms. The van der Waals surface area contributed by atoms with E-state index in [-0.39, 0.29) is 5.92 Å². The van der Waals surface area contributed by atoms with Crippen molar-refractivity contribution >= 4 is 17.4 Å². The van der Waals surface area contributed by atoms with Crippen LogP contribution in [0.1, 0.15) is 25.0 Å². The zero-order valence-electron chi connectivity index (χ0n) is 14.9. The van der Waals surface area contributed by atoms with Crippen LogP contribution in [0.2, 0.25) is 0 Å². The lowest BCUT2D eigenvalue weighted by Crippen LogP contribution is -2.46. The normalized spacial score (nSPS) is 21.6. The molecule has 10 heteroatoms. The fraction of sp³-hybridized carbons (Fsp3) is 0.278. The Morgan fingerprint density at radius 1 is 1.39 bits per heavy atom. The Bertz CT molecular complexity index is 1160. The summed E-state index contributed by atoms with van der Waals surface area (Å²) in [6.45, 7) is 0. The van der Waals surface area contributed by atoms with Crippen LogP contribution in [0.5, 0.6) is 0 Å².